The third kappa shape index (κ3) is 6.95. The lowest BCUT2D eigenvalue weighted by atomic mass is 9.75. The fourth-order valence-corrected chi connectivity index (χ4v) is 8.23. The summed E-state index contributed by atoms with van der Waals surface area (Å²) in [6.07, 6.45) is -0.538. The fourth-order valence-electron chi connectivity index (χ4n) is 6.14. The highest BCUT2D eigenvalue weighted by atomic mass is 31.2. The summed E-state index contributed by atoms with van der Waals surface area (Å²) >= 11 is 0. The molecule has 1 aromatic carbocycles. The molecular formula is C28H44F3O4P. The van der Waals surface area contributed by atoms with E-state index in [1.54, 1.807) is 0 Å². The van der Waals surface area contributed by atoms with Crippen LogP contribution in [-0.2, 0) is 19.8 Å². The van der Waals surface area contributed by atoms with E-state index in [1.165, 1.54) is 18.2 Å². The summed E-state index contributed by atoms with van der Waals surface area (Å²) < 4.78 is 68.8. The number of alkyl halides is 3. The van der Waals surface area contributed by atoms with Crippen LogP contribution in [0.4, 0.5) is 13.2 Å². The third-order valence-corrected chi connectivity index (χ3v) is 10.3. The molecule has 206 valence electrons. The van der Waals surface area contributed by atoms with Crippen molar-refractivity contribution in [2.45, 2.75) is 104 Å². The minimum Gasteiger partial charge on any atom is -0.376 e. The van der Waals surface area contributed by atoms with Crippen LogP contribution in [0.5, 0.6) is 0 Å². The summed E-state index contributed by atoms with van der Waals surface area (Å²) in [4.78, 5) is 0. The molecule has 1 aromatic rings. The first-order valence-electron chi connectivity index (χ1n) is 13.5. The average Bonchev–Trinajstić information content (AvgIpc) is 2.77. The van der Waals surface area contributed by atoms with Gasteiger partial charge in [0.05, 0.1) is 17.8 Å². The molecule has 2 aliphatic rings. The SMILES string of the molecule is CC(C)[C@H]1CC[C@H](C)C[C@H]1OP(=O)(O[C@@H]1C[C@@H](C)CC[C@H]1C(C)C)[C@H](O)c1ccccc1C(F)(F)F. The molecule has 36 heavy (non-hydrogen) atoms. The van der Waals surface area contributed by atoms with Gasteiger partial charge in [-0.3, -0.25) is 4.57 Å². The van der Waals surface area contributed by atoms with Crippen LogP contribution in [0.3, 0.4) is 0 Å². The van der Waals surface area contributed by atoms with E-state index in [2.05, 4.69) is 41.5 Å². The van der Waals surface area contributed by atoms with Crippen molar-refractivity contribution in [2.75, 3.05) is 0 Å². The summed E-state index contributed by atoms with van der Waals surface area (Å²) in [5.41, 5.74) is -1.47. The van der Waals surface area contributed by atoms with Crippen LogP contribution in [-0.4, -0.2) is 17.3 Å². The molecule has 0 amide bonds. The van der Waals surface area contributed by atoms with Crippen molar-refractivity contribution in [1.29, 1.82) is 0 Å². The Balaban J connectivity index is 2.04. The zero-order valence-electron chi connectivity index (χ0n) is 22.5. The van der Waals surface area contributed by atoms with Crippen molar-refractivity contribution in [3.05, 3.63) is 35.4 Å². The van der Waals surface area contributed by atoms with E-state index in [9.17, 15) is 22.8 Å². The molecule has 1 unspecified atom stereocenters. The average molecular weight is 533 g/mol. The van der Waals surface area contributed by atoms with Gasteiger partial charge in [0.1, 0.15) is 0 Å². The number of benzene rings is 1. The van der Waals surface area contributed by atoms with Gasteiger partial charge < -0.3 is 14.2 Å². The highest BCUT2D eigenvalue weighted by molar-refractivity contribution is 7.54. The Labute approximate surface area is 214 Å². The van der Waals surface area contributed by atoms with Gasteiger partial charge in [-0.1, -0.05) is 72.6 Å². The minimum absolute atomic E-state index is 0.0920. The monoisotopic (exact) mass is 532 g/mol. The predicted octanol–water partition coefficient (Wildman–Crippen LogP) is 8.84. The second kappa shape index (κ2) is 11.9. The Morgan fingerprint density at radius 2 is 1.31 bits per heavy atom. The topological polar surface area (TPSA) is 55.8 Å². The second-order valence-corrected chi connectivity index (χ2v) is 13.9. The van der Waals surface area contributed by atoms with Crippen molar-refractivity contribution in [3.63, 3.8) is 0 Å². The van der Waals surface area contributed by atoms with Gasteiger partial charge in [-0.05, 0) is 67.3 Å². The molecule has 2 aliphatic carbocycles. The van der Waals surface area contributed by atoms with Gasteiger partial charge in [0.25, 0.3) is 0 Å². The van der Waals surface area contributed by atoms with Crippen molar-refractivity contribution in [1.82, 2.24) is 0 Å². The summed E-state index contributed by atoms with van der Waals surface area (Å²) in [6.45, 7) is 12.5. The molecular weight excluding hydrogens is 488 g/mol. The van der Waals surface area contributed by atoms with Crippen molar-refractivity contribution >= 4 is 7.60 Å². The van der Waals surface area contributed by atoms with Crippen LogP contribution in [0.2, 0.25) is 0 Å². The van der Waals surface area contributed by atoms with Crippen molar-refractivity contribution < 1.29 is 31.9 Å². The Morgan fingerprint density at radius 1 is 0.861 bits per heavy atom. The Kier molecular flexibility index (Phi) is 9.80. The zero-order valence-corrected chi connectivity index (χ0v) is 23.4. The van der Waals surface area contributed by atoms with Gasteiger partial charge in [0, 0.05) is 5.56 Å². The lowest BCUT2D eigenvalue weighted by molar-refractivity contribution is -0.138. The van der Waals surface area contributed by atoms with Gasteiger partial charge >= 0.3 is 13.8 Å². The highest BCUT2D eigenvalue weighted by Gasteiger charge is 2.48. The summed E-state index contributed by atoms with van der Waals surface area (Å²) in [5, 5.41) is 11.4. The van der Waals surface area contributed by atoms with E-state index in [0.29, 0.717) is 24.7 Å². The Morgan fingerprint density at radius 3 is 1.72 bits per heavy atom. The van der Waals surface area contributed by atoms with E-state index in [0.717, 1.165) is 31.7 Å². The molecule has 4 nitrogen and oxygen atoms in total. The van der Waals surface area contributed by atoms with Crippen LogP contribution in [0.25, 0.3) is 0 Å². The molecule has 3 rings (SSSR count). The number of halogens is 3. The lowest BCUT2D eigenvalue weighted by Crippen LogP contribution is -2.37. The molecule has 0 aliphatic heterocycles. The maximum absolute atomic E-state index is 14.6. The van der Waals surface area contributed by atoms with Crippen molar-refractivity contribution in [2.24, 2.45) is 35.5 Å². The maximum Gasteiger partial charge on any atom is 0.416 e. The van der Waals surface area contributed by atoms with E-state index in [1.807, 2.05) is 0 Å². The molecule has 0 spiro atoms. The summed E-state index contributed by atoms with van der Waals surface area (Å²) in [7, 11) is -4.42. The quantitative estimate of drug-likeness (QED) is 0.340. The van der Waals surface area contributed by atoms with E-state index >= 15 is 0 Å². The third-order valence-electron chi connectivity index (χ3n) is 8.33. The lowest BCUT2D eigenvalue weighted by Gasteiger charge is -2.42. The summed E-state index contributed by atoms with van der Waals surface area (Å²) in [5.74, 6) is -0.691. The van der Waals surface area contributed by atoms with Crippen molar-refractivity contribution in [3.8, 4) is 0 Å². The fraction of sp³-hybridized carbons (Fsp3) is 0.786. The van der Waals surface area contributed by atoms with E-state index in [-0.39, 0.29) is 23.7 Å². The molecule has 0 saturated heterocycles. The number of hydrogen-bond donors (Lipinski definition) is 1. The van der Waals surface area contributed by atoms with E-state index < -0.39 is 43.0 Å². The number of hydrogen-bond acceptors (Lipinski definition) is 4. The number of rotatable bonds is 8. The predicted molar refractivity (Wildman–Crippen MR) is 136 cm³/mol. The first-order valence-corrected chi connectivity index (χ1v) is 15.1. The Bertz CT molecular complexity index is 865. The molecule has 0 aromatic heterocycles. The zero-order chi connectivity index (χ0) is 26.8. The van der Waals surface area contributed by atoms with Crippen LogP contribution >= 0.6 is 7.60 Å². The number of aliphatic hydroxyl groups is 1. The normalized spacial score (nSPS) is 32.4. The second-order valence-electron chi connectivity index (χ2n) is 11.9. The summed E-state index contributed by atoms with van der Waals surface area (Å²) in [6, 6.07) is 4.76. The van der Waals surface area contributed by atoms with Gasteiger partial charge in [-0.2, -0.15) is 13.2 Å². The molecule has 1 N–H and O–H groups in total. The van der Waals surface area contributed by atoms with Crippen LogP contribution < -0.4 is 0 Å². The first-order chi connectivity index (χ1) is 16.7. The van der Waals surface area contributed by atoms with Crippen LogP contribution in [0.15, 0.2) is 24.3 Å². The molecule has 8 heteroatoms. The van der Waals surface area contributed by atoms with Gasteiger partial charge in [0.15, 0.2) is 5.85 Å². The molecule has 2 fully saturated rings. The first kappa shape index (κ1) is 29.7. The standard InChI is InChI=1S/C28H44F3O4P/c1-17(2)21-13-11-19(5)15-25(21)34-36(33,35-26-16-20(6)12-14-22(26)18(3)4)27(32)23-9-7-8-10-24(23)28(29,30)31/h7-10,17-22,25-27,32H,11-16H2,1-6H3/t19-,20-,21-,22+,25+,26+,27-,36?/m0/s1. The molecule has 0 heterocycles. The van der Waals surface area contributed by atoms with Gasteiger partial charge in [-0.15, -0.1) is 0 Å². The minimum atomic E-state index is -4.71. The number of aliphatic hydroxyl groups excluding tert-OH is 1. The van der Waals surface area contributed by atoms with Crippen LogP contribution in [0, 0.1) is 35.5 Å². The van der Waals surface area contributed by atoms with Crippen LogP contribution in [0.1, 0.15) is 97.0 Å². The largest absolute Gasteiger partial charge is 0.416 e. The van der Waals surface area contributed by atoms with Gasteiger partial charge in [0.2, 0.25) is 0 Å². The smallest absolute Gasteiger partial charge is 0.376 e. The van der Waals surface area contributed by atoms with E-state index in [4.69, 9.17) is 9.05 Å². The molecule has 0 bridgehead atoms. The molecule has 0 radical (unpaired) electrons. The molecule has 8 atom stereocenters. The molecule has 2 saturated carbocycles. The Hall–Kier alpha value is -0.880. The van der Waals surface area contributed by atoms with Gasteiger partial charge in [-0.25, -0.2) is 0 Å². The maximum atomic E-state index is 14.6. The highest BCUT2D eigenvalue weighted by Crippen LogP contribution is 2.65.